The molecule has 0 fully saturated rings. The molecule has 1 nitrogen and oxygen atoms in total. The molecule has 0 saturated heterocycles. The first-order chi connectivity index (χ1) is 6.76. The maximum atomic E-state index is 2.42. The molecule has 2 heteroatoms. The molecule has 1 unspecified atom stereocenters. The van der Waals surface area contributed by atoms with Crippen molar-refractivity contribution in [3.8, 4) is 0 Å². The van der Waals surface area contributed by atoms with Crippen LogP contribution < -0.4 is 28.9 Å². The molecule has 0 aromatic heterocycles. The highest BCUT2D eigenvalue weighted by molar-refractivity contribution is 4.47. The van der Waals surface area contributed by atoms with Gasteiger partial charge in [-0.2, -0.15) is 0 Å². The zero-order valence-electron chi connectivity index (χ0n) is 11.1. The molecule has 0 spiro atoms. The monoisotopic (exact) mass is 327 g/mol. The van der Waals surface area contributed by atoms with Gasteiger partial charge in [0.25, 0.3) is 0 Å². The van der Waals surface area contributed by atoms with Gasteiger partial charge in [0.05, 0.1) is 19.1 Å². The Balaban J connectivity index is 0. The van der Waals surface area contributed by atoms with Crippen LogP contribution >= 0.6 is 0 Å². The number of unbranched alkanes of at least 4 members (excludes halogenated alkanes) is 2. The van der Waals surface area contributed by atoms with Gasteiger partial charge in [0.1, 0.15) is 0 Å². The number of hydrogen-bond donors (Lipinski definition) is 1. The zero-order chi connectivity index (χ0) is 10.8. The second-order valence-electron chi connectivity index (χ2n) is 4.56. The van der Waals surface area contributed by atoms with Crippen LogP contribution in [0.4, 0.5) is 0 Å². The van der Waals surface area contributed by atoms with Gasteiger partial charge in [-0.15, -0.1) is 0 Å². The summed E-state index contributed by atoms with van der Waals surface area (Å²) in [5.74, 6) is 0. The summed E-state index contributed by atoms with van der Waals surface area (Å²) < 4.78 is 0. The fourth-order valence-electron chi connectivity index (χ4n) is 2.06. The third-order valence-corrected chi connectivity index (χ3v) is 3.12. The number of hydrogen-bond acceptors (Lipinski definition) is 0. The zero-order valence-corrected chi connectivity index (χ0v) is 13.3. The van der Waals surface area contributed by atoms with E-state index in [9.17, 15) is 0 Å². The van der Waals surface area contributed by atoms with E-state index in [-0.39, 0.29) is 24.0 Å². The lowest BCUT2D eigenvalue weighted by Crippen LogP contribution is -3.15. The minimum absolute atomic E-state index is 0. The van der Waals surface area contributed by atoms with Gasteiger partial charge in [-0.05, 0) is 26.2 Å². The standard InChI is InChI=1S/C13H29N.HI/c1-5-8-11-14(12-9-6-2)13(4)10-7-3;/h13H,5-12H2,1-4H3;1H. The lowest BCUT2D eigenvalue weighted by Gasteiger charge is -2.25. The molecule has 0 bridgehead atoms. The molecule has 94 valence electrons. The minimum atomic E-state index is 0. The first kappa shape index (κ1) is 18.1. The largest absolute Gasteiger partial charge is 1.00 e. The van der Waals surface area contributed by atoms with E-state index >= 15 is 0 Å². The predicted octanol–water partition coefficient (Wildman–Crippen LogP) is -0.336. The van der Waals surface area contributed by atoms with Gasteiger partial charge >= 0.3 is 0 Å². The first-order valence-corrected chi connectivity index (χ1v) is 6.60. The fourth-order valence-corrected chi connectivity index (χ4v) is 2.06. The second kappa shape index (κ2) is 12.8. The van der Waals surface area contributed by atoms with Gasteiger partial charge in [0.15, 0.2) is 0 Å². The van der Waals surface area contributed by atoms with Crippen LogP contribution in [0.15, 0.2) is 0 Å². The van der Waals surface area contributed by atoms with Crippen molar-refractivity contribution in [1.29, 1.82) is 0 Å². The molecule has 0 amide bonds. The molecule has 0 heterocycles. The van der Waals surface area contributed by atoms with Crippen LogP contribution in [0.25, 0.3) is 0 Å². The van der Waals surface area contributed by atoms with Crippen molar-refractivity contribution in [3.63, 3.8) is 0 Å². The molecule has 0 rings (SSSR count). The molecule has 0 aromatic rings. The second-order valence-corrected chi connectivity index (χ2v) is 4.56. The number of nitrogens with one attached hydrogen (secondary N) is 1. The molecule has 0 aliphatic rings. The highest BCUT2D eigenvalue weighted by Crippen LogP contribution is 1.93. The smallest absolute Gasteiger partial charge is 0.0846 e. The van der Waals surface area contributed by atoms with Crippen molar-refractivity contribution < 1.29 is 28.9 Å². The van der Waals surface area contributed by atoms with Crippen LogP contribution in [0.3, 0.4) is 0 Å². The average Bonchev–Trinajstić information content (AvgIpc) is 2.18. The summed E-state index contributed by atoms with van der Waals surface area (Å²) in [6.07, 6.45) is 8.20. The Morgan fingerprint density at radius 2 is 1.33 bits per heavy atom. The number of quaternary nitrogens is 1. The molecule has 0 radical (unpaired) electrons. The molecule has 0 aliphatic heterocycles. The molecule has 0 aliphatic carbocycles. The summed E-state index contributed by atoms with van der Waals surface area (Å²) in [6.45, 7) is 12.1. The van der Waals surface area contributed by atoms with Crippen molar-refractivity contribution in [2.75, 3.05) is 13.1 Å². The van der Waals surface area contributed by atoms with Gasteiger partial charge in [-0.25, -0.2) is 0 Å². The quantitative estimate of drug-likeness (QED) is 0.553. The Labute approximate surface area is 114 Å². The summed E-state index contributed by atoms with van der Waals surface area (Å²) >= 11 is 0. The van der Waals surface area contributed by atoms with Crippen molar-refractivity contribution in [2.24, 2.45) is 0 Å². The van der Waals surface area contributed by atoms with Gasteiger partial charge in [-0.3, -0.25) is 0 Å². The molecule has 1 atom stereocenters. The number of rotatable bonds is 9. The van der Waals surface area contributed by atoms with E-state index < -0.39 is 0 Å². The van der Waals surface area contributed by atoms with Crippen LogP contribution in [0.1, 0.15) is 66.2 Å². The van der Waals surface area contributed by atoms with Crippen LogP contribution in [-0.4, -0.2) is 19.1 Å². The third kappa shape index (κ3) is 9.61. The summed E-state index contributed by atoms with van der Waals surface area (Å²) in [6, 6.07) is 0.873. The number of halogens is 1. The Kier molecular flexibility index (Phi) is 15.4. The van der Waals surface area contributed by atoms with Crippen molar-refractivity contribution in [3.05, 3.63) is 0 Å². The molecule has 0 saturated carbocycles. The Hall–Kier alpha value is 0.690. The normalized spacial score (nSPS) is 12.6. The van der Waals surface area contributed by atoms with Gasteiger partial charge < -0.3 is 28.9 Å². The van der Waals surface area contributed by atoms with Crippen molar-refractivity contribution in [2.45, 2.75) is 72.3 Å². The van der Waals surface area contributed by atoms with Gasteiger partial charge in [0, 0.05) is 0 Å². The van der Waals surface area contributed by atoms with Crippen molar-refractivity contribution in [1.82, 2.24) is 0 Å². The van der Waals surface area contributed by atoms with Crippen molar-refractivity contribution >= 4 is 0 Å². The Bertz CT molecular complexity index is 109. The van der Waals surface area contributed by atoms with E-state index in [0.29, 0.717) is 0 Å². The molecule has 15 heavy (non-hydrogen) atoms. The summed E-state index contributed by atoms with van der Waals surface area (Å²) in [4.78, 5) is 1.84. The van der Waals surface area contributed by atoms with Crippen LogP contribution in [0.5, 0.6) is 0 Å². The third-order valence-electron chi connectivity index (χ3n) is 3.12. The highest BCUT2D eigenvalue weighted by atomic mass is 127. The van der Waals surface area contributed by atoms with E-state index in [2.05, 4.69) is 27.7 Å². The molecular weight excluding hydrogens is 297 g/mol. The van der Waals surface area contributed by atoms with Gasteiger partial charge in [-0.1, -0.05) is 40.0 Å². The highest BCUT2D eigenvalue weighted by Gasteiger charge is 2.14. The van der Waals surface area contributed by atoms with E-state index in [1.807, 2.05) is 4.90 Å². The Morgan fingerprint density at radius 1 is 0.867 bits per heavy atom. The SMILES string of the molecule is CCCC[NH+](CCCC)C(C)CCC.[I-]. The maximum Gasteiger partial charge on any atom is 0.0846 e. The lowest BCUT2D eigenvalue weighted by atomic mass is 10.1. The minimum Gasteiger partial charge on any atom is -1.00 e. The van der Waals surface area contributed by atoms with Crippen LogP contribution in [0.2, 0.25) is 0 Å². The summed E-state index contributed by atoms with van der Waals surface area (Å²) in [7, 11) is 0. The Morgan fingerprint density at radius 3 is 1.67 bits per heavy atom. The maximum absolute atomic E-state index is 2.42. The van der Waals surface area contributed by atoms with E-state index in [0.717, 1.165) is 6.04 Å². The lowest BCUT2D eigenvalue weighted by molar-refractivity contribution is -0.924. The van der Waals surface area contributed by atoms with E-state index in [1.165, 1.54) is 51.6 Å². The van der Waals surface area contributed by atoms with Crippen LogP contribution in [0, 0.1) is 0 Å². The predicted molar refractivity (Wildman–Crippen MR) is 64.9 cm³/mol. The average molecular weight is 327 g/mol. The van der Waals surface area contributed by atoms with Gasteiger partial charge in [0.2, 0.25) is 0 Å². The summed E-state index contributed by atoms with van der Waals surface area (Å²) in [5.41, 5.74) is 0. The van der Waals surface area contributed by atoms with Crippen LogP contribution in [-0.2, 0) is 0 Å². The molecule has 1 N–H and O–H groups in total. The fraction of sp³-hybridized carbons (Fsp3) is 1.00. The van der Waals surface area contributed by atoms with E-state index in [4.69, 9.17) is 0 Å². The molecular formula is C13H30IN. The topological polar surface area (TPSA) is 4.44 Å². The molecule has 0 aromatic carbocycles. The van der Waals surface area contributed by atoms with E-state index in [1.54, 1.807) is 0 Å². The first-order valence-electron chi connectivity index (χ1n) is 6.60. The summed E-state index contributed by atoms with van der Waals surface area (Å²) in [5, 5.41) is 0.